The van der Waals surface area contributed by atoms with Gasteiger partial charge in [0.2, 0.25) is 0 Å². The summed E-state index contributed by atoms with van der Waals surface area (Å²) in [7, 11) is -1.84. The Morgan fingerprint density at radius 1 is 1.15 bits per heavy atom. The average Bonchev–Trinajstić information content (AvgIpc) is 2.46. The maximum absolute atomic E-state index is 12.1. The van der Waals surface area contributed by atoms with Crippen LogP contribution in [0.4, 0.5) is 5.69 Å². The Hall–Kier alpha value is -1.14. The fraction of sp³-hybridized carbons (Fsp3) is 0.643. The number of rotatable bonds is 10. The van der Waals surface area contributed by atoms with Crippen molar-refractivity contribution in [3.05, 3.63) is 18.3 Å². The molecule has 0 unspecified atom stereocenters. The predicted octanol–water partition coefficient (Wildman–Crippen LogP) is 2.76. The van der Waals surface area contributed by atoms with Crippen LogP contribution in [0.15, 0.2) is 23.4 Å². The predicted molar refractivity (Wildman–Crippen MR) is 82.3 cm³/mol. The molecule has 5 nitrogen and oxygen atoms in total. The molecule has 0 spiro atoms. The van der Waals surface area contributed by atoms with Crippen molar-refractivity contribution in [3.8, 4) is 0 Å². The van der Waals surface area contributed by atoms with Gasteiger partial charge in [-0.2, -0.15) is 0 Å². The van der Waals surface area contributed by atoms with E-state index in [0.29, 0.717) is 12.2 Å². The maximum atomic E-state index is 12.1. The lowest BCUT2D eigenvalue weighted by Gasteiger charge is -2.09. The number of aromatic nitrogens is 1. The summed E-state index contributed by atoms with van der Waals surface area (Å²) < 4.78 is 26.9. The van der Waals surface area contributed by atoms with Gasteiger partial charge in [0.05, 0.1) is 5.69 Å². The fourth-order valence-electron chi connectivity index (χ4n) is 1.98. The van der Waals surface area contributed by atoms with E-state index >= 15 is 0 Å². The first-order valence-electron chi connectivity index (χ1n) is 7.24. The van der Waals surface area contributed by atoms with Gasteiger partial charge in [-0.3, -0.25) is 0 Å². The van der Waals surface area contributed by atoms with Crippen LogP contribution in [0.2, 0.25) is 0 Å². The first-order valence-corrected chi connectivity index (χ1v) is 8.72. The van der Waals surface area contributed by atoms with Crippen molar-refractivity contribution in [1.82, 2.24) is 9.71 Å². The summed E-state index contributed by atoms with van der Waals surface area (Å²) in [6, 6.07) is 3.41. The Bertz CT molecular complexity index is 489. The highest BCUT2D eigenvalue weighted by atomic mass is 32.2. The molecule has 1 rings (SSSR count). The van der Waals surface area contributed by atoms with Gasteiger partial charge in [0.1, 0.15) is 0 Å². The zero-order valence-corrected chi connectivity index (χ0v) is 13.2. The first-order chi connectivity index (χ1) is 9.61. The van der Waals surface area contributed by atoms with Crippen molar-refractivity contribution in [2.45, 2.75) is 50.5 Å². The van der Waals surface area contributed by atoms with Crippen LogP contribution >= 0.6 is 0 Å². The van der Waals surface area contributed by atoms with Crippen molar-refractivity contribution < 1.29 is 8.42 Å². The molecular weight excluding hydrogens is 274 g/mol. The van der Waals surface area contributed by atoms with Crippen molar-refractivity contribution in [3.63, 3.8) is 0 Å². The Labute approximate surface area is 122 Å². The van der Waals surface area contributed by atoms with Crippen LogP contribution in [0.1, 0.15) is 45.4 Å². The first kappa shape index (κ1) is 16.9. The topological polar surface area (TPSA) is 71.1 Å². The molecule has 0 saturated carbocycles. The minimum Gasteiger partial charge on any atom is -0.386 e. The van der Waals surface area contributed by atoms with Crippen LogP contribution < -0.4 is 10.0 Å². The number of hydrogen-bond acceptors (Lipinski definition) is 4. The number of hydrogen-bond donors (Lipinski definition) is 2. The van der Waals surface area contributed by atoms with E-state index in [0.717, 1.165) is 12.8 Å². The van der Waals surface area contributed by atoms with Gasteiger partial charge < -0.3 is 5.32 Å². The highest BCUT2D eigenvalue weighted by Crippen LogP contribution is 2.16. The van der Waals surface area contributed by atoms with Crippen LogP contribution in [-0.2, 0) is 10.0 Å². The number of anilines is 1. The molecule has 0 aliphatic carbocycles. The van der Waals surface area contributed by atoms with Gasteiger partial charge in [-0.25, -0.2) is 18.1 Å². The summed E-state index contributed by atoms with van der Waals surface area (Å²) in [5.41, 5.74) is 0.517. The number of sulfonamides is 1. The minimum absolute atomic E-state index is 0.0634. The van der Waals surface area contributed by atoms with Crippen LogP contribution in [-0.4, -0.2) is 27.0 Å². The van der Waals surface area contributed by atoms with Crippen LogP contribution in [0, 0.1) is 0 Å². The van der Waals surface area contributed by atoms with Crippen molar-refractivity contribution in [2.75, 3.05) is 18.9 Å². The molecule has 1 heterocycles. The van der Waals surface area contributed by atoms with E-state index in [9.17, 15) is 8.42 Å². The third-order valence-corrected chi connectivity index (χ3v) is 4.54. The molecule has 1 aromatic rings. The van der Waals surface area contributed by atoms with Gasteiger partial charge in [-0.05, 0) is 18.6 Å². The third-order valence-electron chi connectivity index (χ3n) is 3.12. The highest BCUT2D eigenvalue weighted by Gasteiger charge is 2.18. The summed E-state index contributed by atoms with van der Waals surface area (Å²) in [6.45, 7) is 2.65. The number of pyridine rings is 1. The van der Waals surface area contributed by atoms with E-state index < -0.39 is 10.0 Å². The molecule has 0 radical (unpaired) electrons. The zero-order chi connectivity index (χ0) is 14.8. The third kappa shape index (κ3) is 5.46. The van der Waals surface area contributed by atoms with Gasteiger partial charge in [-0.15, -0.1) is 0 Å². The standard InChI is InChI=1S/C14H25N3O2S/c1-3-4-5-6-7-8-12-17-20(18,19)14-13(15-2)10-9-11-16-14/h9-11,15,17H,3-8,12H2,1-2H3. The largest absolute Gasteiger partial charge is 0.386 e. The summed E-state index contributed by atoms with van der Waals surface area (Å²) in [4.78, 5) is 3.95. The maximum Gasteiger partial charge on any atom is 0.260 e. The number of unbranched alkanes of at least 4 members (excludes halogenated alkanes) is 5. The molecule has 0 fully saturated rings. The van der Waals surface area contributed by atoms with Gasteiger partial charge in [0.15, 0.2) is 5.03 Å². The normalized spacial score (nSPS) is 11.5. The molecule has 0 aliphatic rings. The van der Waals surface area contributed by atoms with E-state index in [1.807, 2.05) is 0 Å². The Morgan fingerprint density at radius 2 is 1.85 bits per heavy atom. The highest BCUT2D eigenvalue weighted by molar-refractivity contribution is 7.89. The molecule has 0 aromatic carbocycles. The molecule has 6 heteroatoms. The second kappa shape index (κ2) is 8.92. The SMILES string of the molecule is CCCCCCCCNS(=O)(=O)c1ncccc1NC. The lowest BCUT2D eigenvalue weighted by Crippen LogP contribution is -2.26. The average molecular weight is 299 g/mol. The van der Waals surface area contributed by atoms with Gasteiger partial charge >= 0.3 is 0 Å². The molecule has 0 bridgehead atoms. The summed E-state index contributed by atoms with van der Waals surface area (Å²) in [5.74, 6) is 0. The molecule has 0 saturated heterocycles. The Kier molecular flexibility index (Phi) is 7.54. The zero-order valence-electron chi connectivity index (χ0n) is 12.4. The van der Waals surface area contributed by atoms with Crippen LogP contribution in [0.5, 0.6) is 0 Å². The molecule has 114 valence electrons. The number of nitrogens with zero attached hydrogens (tertiary/aromatic N) is 1. The number of nitrogens with one attached hydrogen (secondary N) is 2. The summed E-state index contributed by atoms with van der Waals surface area (Å²) >= 11 is 0. The van der Waals surface area contributed by atoms with E-state index in [4.69, 9.17) is 0 Å². The Balaban J connectivity index is 2.42. The second-order valence-electron chi connectivity index (χ2n) is 4.77. The van der Waals surface area contributed by atoms with Crippen molar-refractivity contribution in [2.24, 2.45) is 0 Å². The van der Waals surface area contributed by atoms with Gasteiger partial charge in [-0.1, -0.05) is 39.0 Å². The smallest absolute Gasteiger partial charge is 0.260 e. The van der Waals surface area contributed by atoms with Gasteiger partial charge in [0.25, 0.3) is 10.0 Å². The Morgan fingerprint density at radius 3 is 2.55 bits per heavy atom. The molecule has 1 aromatic heterocycles. The monoisotopic (exact) mass is 299 g/mol. The van der Waals surface area contributed by atoms with E-state index in [2.05, 4.69) is 21.9 Å². The van der Waals surface area contributed by atoms with Crippen molar-refractivity contribution >= 4 is 15.7 Å². The second-order valence-corrected chi connectivity index (χ2v) is 6.45. The minimum atomic E-state index is -3.52. The molecule has 0 atom stereocenters. The lowest BCUT2D eigenvalue weighted by atomic mass is 10.1. The molecule has 0 amide bonds. The van der Waals surface area contributed by atoms with E-state index in [-0.39, 0.29) is 5.03 Å². The summed E-state index contributed by atoms with van der Waals surface area (Å²) in [5, 5.41) is 2.91. The van der Waals surface area contributed by atoms with E-state index in [1.165, 1.54) is 31.9 Å². The van der Waals surface area contributed by atoms with Crippen LogP contribution in [0.3, 0.4) is 0 Å². The van der Waals surface area contributed by atoms with Crippen LogP contribution in [0.25, 0.3) is 0 Å². The molecule has 0 aliphatic heterocycles. The fourth-order valence-corrected chi connectivity index (χ4v) is 3.18. The van der Waals surface area contributed by atoms with E-state index in [1.54, 1.807) is 19.2 Å². The molecular formula is C14H25N3O2S. The quantitative estimate of drug-likeness (QED) is 0.652. The van der Waals surface area contributed by atoms with Gasteiger partial charge in [0, 0.05) is 19.8 Å². The lowest BCUT2D eigenvalue weighted by molar-refractivity contribution is 0.565. The summed E-state index contributed by atoms with van der Waals surface area (Å²) in [6.07, 6.45) is 8.28. The molecule has 2 N–H and O–H groups in total. The van der Waals surface area contributed by atoms with Crippen molar-refractivity contribution in [1.29, 1.82) is 0 Å². The molecule has 20 heavy (non-hydrogen) atoms.